The van der Waals surface area contributed by atoms with E-state index < -0.39 is 18.1 Å². The van der Waals surface area contributed by atoms with Gasteiger partial charge in [0.1, 0.15) is 5.75 Å². The van der Waals surface area contributed by atoms with Crippen molar-refractivity contribution >= 4 is 23.4 Å². The van der Waals surface area contributed by atoms with Gasteiger partial charge in [0.05, 0.1) is 38.2 Å². The number of phenols is 1. The molecule has 0 heterocycles. The highest BCUT2D eigenvalue weighted by Gasteiger charge is 2.20. The van der Waals surface area contributed by atoms with Crippen LogP contribution in [0.5, 0.6) is 5.75 Å². The molecule has 0 aliphatic carbocycles. The molecule has 0 radical (unpaired) electrons. The van der Waals surface area contributed by atoms with E-state index in [0.717, 1.165) is 36.4 Å². The van der Waals surface area contributed by atoms with E-state index in [2.05, 4.69) is 10.6 Å². The largest absolute Gasteiger partial charge is 0.508 e. The maximum absolute atomic E-state index is 12.8. The number of nitrogens with one attached hydrogen (secondary N) is 2. The Bertz CT molecular complexity index is 1270. The minimum atomic E-state index is -0.719. The van der Waals surface area contributed by atoms with Crippen molar-refractivity contribution in [1.82, 2.24) is 5.32 Å². The third-order valence-corrected chi connectivity index (χ3v) is 6.35. The fourth-order valence-corrected chi connectivity index (χ4v) is 4.15. The summed E-state index contributed by atoms with van der Waals surface area (Å²) in [7, 11) is 0. The Balaban J connectivity index is 1.27. The molecule has 2 amide bonds. The van der Waals surface area contributed by atoms with Crippen molar-refractivity contribution in [2.45, 2.75) is 45.5 Å². The summed E-state index contributed by atoms with van der Waals surface area (Å²) in [6, 6.07) is 20.0. The van der Waals surface area contributed by atoms with Crippen LogP contribution >= 0.6 is 0 Å². The van der Waals surface area contributed by atoms with Crippen molar-refractivity contribution in [3.8, 4) is 5.75 Å². The van der Waals surface area contributed by atoms with Gasteiger partial charge >= 0.3 is 12.0 Å². The number of hydroxylamine groups is 1. The van der Waals surface area contributed by atoms with E-state index in [4.69, 9.17) is 14.3 Å². The molecule has 0 unspecified atom stereocenters. The second kappa shape index (κ2) is 18.5. The molecule has 0 saturated carbocycles. The summed E-state index contributed by atoms with van der Waals surface area (Å²) in [4.78, 5) is 29.6. The van der Waals surface area contributed by atoms with Crippen LogP contribution in [-0.4, -0.2) is 60.2 Å². The summed E-state index contributed by atoms with van der Waals surface area (Å²) < 4.78 is 11.4. The Morgan fingerprint density at radius 2 is 1.70 bits per heavy atom. The number of aliphatic hydroxyl groups is 2. The summed E-state index contributed by atoms with van der Waals surface area (Å²) in [6.45, 7) is 3.86. The fourth-order valence-electron chi connectivity index (χ4n) is 4.15. The van der Waals surface area contributed by atoms with E-state index >= 15 is 0 Å². The molecule has 3 rings (SSSR count). The van der Waals surface area contributed by atoms with Crippen LogP contribution in [0.25, 0.3) is 0 Å². The van der Waals surface area contributed by atoms with Crippen LogP contribution in [-0.2, 0) is 32.3 Å². The molecule has 232 valence electrons. The van der Waals surface area contributed by atoms with Crippen molar-refractivity contribution in [2.75, 3.05) is 43.3 Å². The van der Waals surface area contributed by atoms with Crippen molar-refractivity contribution in [2.24, 2.45) is 0 Å². The Labute approximate surface area is 252 Å². The molecule has 3 aromatic rings. The highest BCUT2D eigenvalue weighted by molar-refractivity contribution is 6.01. The molecular formula is C32H41N3O8. The molecule has 11 heteroatoms. The first kappa shape index (κ1) is 33.5. The molecule has 0 spiro atoms. The smallest absolute Gasteiger partial charge is 0.359 e. The highest BCUT2D eigenvalue weighted by atomic mass is 16.7. The number of carbonyl (C=O) groups is 2. The summed E-state index contributed by atoms with van der Waals surface area (Å²) in [6.07, 6.45) is 2.10. The number of rotatable bonds is 17. The summed E-state index contributed by atoms with van der Waals surface area (Å²) in [5, 5.41) is 36.0. The van der Waals surface area contributed by atoms with Crippen molar-refractivity contribution in [1.29, 1.82) is 0 Å². The van der Waals surface area contributed by atoms with Crippen molar-refractivity contribution < 1.29 is 39.2 Å². The maximum Gasteiger partial charge on any atom is 0.359 e. The van der Waals surface area contributed by atoms with Crippen LogP contribution in [0.15, 0.2) is 72.8 Å². The minimum Gasteiger partial charge on any atom is -0.508 e. The second-order valence-electron chi connectivity index (χ2n) is 9.84. The van der Waals surface area contributed by atoms with Crippen LogP contribution in [0.3, 0.4) is 0 Å². The maximum atomic E-state index is 12.8. The van der Waals surface area contributed by atoms with Crippen LogP contribution in [0, 0.1) is 0 Å². The van der Waals surface area contributed by atoms with Gasteiger partial charge in [-0.05, 0) is 73.3 Å². The lowest BCUT2D eigenvalue weighted by atomic mass is 10.1. The number of anilines is 2. The van der Waals surface area contributed by atoms with E-state index in [0.29, 0.717) is 55.5 Å². The fraction of sp³-hybridized carbons (Fsp3) is 0.375. The molecule has 1 atom stereocenters. The lowest BCUT2D eigenvalue weighted by Gasteiger charge is -2.21. The summed E-state index contributed by atoms with van der Waals surface area (Å²) in [5.41, 5.74) is 2.80. The molecule has 0 aliphatic rings. The Kier molecular flexibility index (Phi) is 14.4. The molecule has 43 heavy (non-hydrogen) atoms. The van der Waals surface area contributed by atoms with Gasteiger partial charge in [0.25, 0.3) is 0 Å². The first-order valence-electron chi connectivity index (χ1n) is 14.3. The van der Waals surface area contributed by atoms with Gasteiger partial charge < -0.3 is 40.3 Å². The standard InChI is InChI=1S/C32H41N3O8/c1-24(37)43-35(32(40)34-28-10-4-2-5-11-28)29-12-8-9-25(19-29)23-42-18-17-41-16-7-3-6-15-33-21-31(39)26-13-14-30(38)27(20-26)22-36/h2,4-5,8-14,19-20,31,33,36,38-39H,3,6-7,15-18,21-23H2,1H3,(H,34,40)/t31-/m1/s1. The van der Waals surface area contributed by atoms with E-state index in [1.54, 1.807) is 54.6 Å². The van der Waals surface area contributed by atoms with Gasteiger partial charge in [-0.2, -0.15) is 0 Å². The predicted octanol–water partition coefficient (Wildman–Crippen LogP) is 4.43. The first-order chi connectivity index (χ1) is 20.9. The third kappa shape index (κ3) is 12.0. The van der Waals surface area contributed by atoms with Crippen LogP contribution < -0.4 is 15.7 Å². The van der Waals surface area contributed by atoms with Crippen molar-refractivity contribution in [3.05, 3.63) is 89.5 Å². The predicted molar refractivity (Wildman–Crippen MR) is 162 cm³/mol. The van der Waals surface area contributed by atoms with Gasteiger partial charge in [0.2, 0.25) is 0 Å². The number of amides is 2. The number of hydrogen-bond acceptors (Lipinski definition) is 9. The highest BCUT2D eigenvalue weighted by Crippen LogP contribution is 2.22. The van der Waals surface area contributed by atoms with Gasteiger partial charge in [0, 0.05) is 31.3 Å². The summed E-state index contributed by atoms with van der Waals surface area (Å²) >= 11 is 0. The molecule has 0 aliphatic heterocycles. The summed E-state index contributed by atoms with van der Waals surface area (Å²) in [5.74, 6) is -0.609. The number of unbranched alkanes of at least 4 members (excludes halogenated alkanes) is 2. The Morgan fingerprint density at radius 1 is 0.907 bits per heavy atom. The Hall–Kier alpha value is -4.00. The second-order valence-corrected chi connectivity index (χ2v) is 9.84. The Morgan fingerprint density at radius 3 is 2.47 bits per heavy atom. The zero-order chi connectivity index (χ0) is 30.9. The normalized spacial score (nSPS) is 11.6. The van der Waals surface area contributed by atoms with Gasteiger partial charge in [-0.25, -0.2) is 9.59 Å². The molecule has 5 N–H and O–H groups in total. The van der Waals surface area contributed by atoms with Crippen LogP contribution in [0.1, 0.15) is 49.0 Å². The number of carbonyl (C=O) groups excluding carboxylic acids is 2. The molecule has 0 saturated heterocycles. The average Bonchev–Trinajstić information content (AvgIpc) is 3.01. The minimum absolute atomic E-state index is 0.0152. The van der Waals surface area contributed by atoms with Gasteiger partial charge in [-0.15, -0.1) is 5.06 Å². The molecule has 0 aromatic heterocycles. The monoisotopic (exact) mass is 595 g/mol. The van der Waals surface area contributed by atoms with Gasteiger partial charge in [-0.3, -0.25) is 0 Å². The number of urea groups is 1. The number of nitrogens with zero attached hydrogens (tertiary/aromatic N) is 1. The zero-order valence-corrected chi connectivity index (χ0v) is 24.4. The zero-order valence-electron chi connectivity index (χ0n) is 24.4. The number of aliphatic hydroxyl groups excluding tert-OH is 2. The number of para-hydroxylation sites is 1. The molecular weight excluding hydrogens is 554 g/mol. The molecule has 3 aromatic carbocycles. The van der Waals surface area contributed by atoms with Gasteiger partial charge in [0.15, 0.2) is 0 Å². The number of benzene rings is 3. The SMILES string of the molecule is CC(=O)ON(C(=O)Nc1ccccc1)c1cccc(COCCOCCCCCNC[C@@H](O)c2ccc(O)c(CO)c2)c1. The van der Waals surface area contributed by atoms with E-state index in [9.17, 15) is 24.9 Å². The van der Waals surface area contributed by atoms with Crippen LogP contribution in [0.2, 0.25) is 0 Å². The third-order valence-electron chi connectivity index (χ3n) is 6.35. The van der Waals surface area contributed by atoms with Gasteiger partial charge in [-0.1, -0.05) is 36.4 Å². The van der Waals surface area contributed by atoms with Crippen LogP contribution in [0.4, 0.5) is 16.2 Å². The number of aromatic hydroxyl groups is 1. The van der Waals surface area contributed by atoms with Crippen molar-refractivity contribution in [3.63, 3.8) is 0 Å². The average molecular weight is 596 g/mol. The first-order valence-corrected chi connectivity index (χ1v) is 14.3. The molecule has 0 bridgehead atoms. The molecule has 11 nitrogen and oxygen atoms in total. The number of ether oxygens (including phenoxy) is 2. The molecule has 0 fully saturated rings. The quantitative estimate of drug-likeness (QED) is 0.113. The van der Waals surface area contributed by atoms with E-state index in [1.807, 2.05) is 12.1 Å². The number of hydrogen-bond donors (Lipinski definition) is 5. The topological polar surface area (TPSA) is 150 Å². The lowest BCUT2D eigenvalue weighted by Crippen LogP contribution is -2.36. The van der Waals surface area contributed by atoms with E-state index in [1.165, 1.54) is 13.0 Å². The van der Waals surface area contributed by atoms with E-state index in [-0.39, 0.29) is 12.4 Å². The lowest BCUT2D eigenvalue weighted by molar-refractivity contribution is -0.141.